The molecule has 0 aliphatic rings. The van der Waals surface area contributed by atoms with Crippen molar-refractivity contribution in [1.29, 1.82) is 0 Å². The first-order valence-electron chi connectivity index (χ1n) is 4.67. The van der Waals surface area contributed by atoms with Crippen molar-refractivity contribution in [3.8, 4) is 0 Å². The quantitative estimate of drug-likeness (QED) is 0.595. The van der Waals surface area contributed by atoms with Crippen molar-refractivity contribution in [3.63, 3.8) is 0 Å². The number of hydrogen-bond acceptors (Lipinski definition) is 5. The number of aromatic nitrogens is 4. The molecule has 0 aromatic carbocycles. The molecule has 3 rings (SSSR count). The van der Waals surface area contributed by atoms with Crippen LogP contribution in [-0.2, 0) is 0 Å². The predicted octanol–water partition coefficient (Wildman–Crippen LogP) is 1.52. The summed E-state index contributed by atoms with van der Waals surface area (Å²) in [4.78, 5) is 14.8. The fourth-order valence-corrected chi connectivity index (χ4v) is 1.20. The molecule has 0 unspecified atom stereocenters. The summed E-state index contributed by atoms with van der Waals surface area (Å²) in [6.07, 6.45) is 4.80. The van der Waals surface area contributed by atoms with Gasteiger partial charge < -0.3 is 15.1 Å². The lowest BCUT2D eigenvalue weighted by molar-refractivity contribution is 0.567. The van der Waals surface area contributed by atoms with Crippen LogP contribution in [0.1, 0.15) is 5.82 Å². The van der Waals surface area contributed by atoms with Gasteiger partial charge in [0.15, 0.2) is 11.5 Å². The van der Waals surface area contributed by atoms with Crippen molar-refractivity contribution in [2.24, 2.45) is 0 Å². The number of aryl methyl sites for hydroxylation is 1. The minimum Gasteiger partial charge on any atom is -0.473 e. The van der Waals surface area contributed by atoms with E-state index in [9.17, 15) is 0 Å². The van der Waals surface area contributed by atoms with E-state index in [-0.39, 0.29) is 0 Å². The average molecular weight is 217 g/mol. The summed E-state index contributed by atoms with van der Waals surface area (Å²) in [5.74, 6) is 1.09. The van der Waals surface area contributed by atoms with Gasteiger partial charge in [-0.1, -0.05) is 0 Å². The first kappa shape index (κ1) is 10.2. The van der Waals surface area contributed by atoms with Crippen molar-refractivity contribution >= 4 is 17.0 Å². The zero-order valence-corrected chi connectivity index (χ0v) is 8.71. The van der Waals surface area contributed by atoms with Gasteiger partial charge in [0.1, 0.15) is 11.3 Å². The lowest BCUT2D eigenvalue weighted by atomic mass is 10.5. The van der Waals surface area contributed by atoms with Crippen LogP contribution >= 0.6 is 0 Å². The van der Waals surface area contributed by atoms with E-state index in [2.05, 4.69) is 24.4 Å². The fourth-order valence-electron chi connectivity index (χ4n) is 1.20. The van der Waals surface area contributed by atoms with Crippen LogP contribution in [0.2, 0.25) is 0 Å². The molecule has 82 valence electrons. The van der Waals surface area contributed by atoms with Gasteiger partial charge in [0.25, 0.3) is 0 Å². The van der Waals surface area contributed by atoms with Crippen LogP contribution in [-0.4, -0.2) is 19.9 Å². The highest BCUT2D eigenvalue weighted by molar-refractivity contribution is 5.80. The van der Waals surface area contributed by atoms with Crippen molar-refractivity contribution in [3.05, 3.63) is 36.8 Å². The fraction of sp³-hybridized carbons (Fsp3) is 0.100. The number of nitrogen functional groups attached to an aromatic ring is 1. The van der Waals surface area contributed by atoms with Crippen molar-refractivity contribution < 1.29 is 4.42 Å². The molecular weight excluding hydrogens is 206 g/mol. The maximum Gasteiger partial charge on any atom is 0.183 e. The van der Waals surface area contributed by atoms with Gasteiger partial charge in [0.2, 0.25) is 0 Å². The summed E-state index contributed by atoms with van der Waals surface area (Å²) >= 11 is 0. The van der Waals surface area contributed by atoms with E-state index in [1.54, 1.807) is 25.8 Å². The summed E-state index contributed by atoms with van der Waals surface area (Å²) in [5, 5.41) is 0. The number of nitrogens with one attached hydrogen (secondary N) is 1. The van der Waals surface area contributed by atoms with Gasteiger partial charge in [0, 0.05) is 0 Å². The molecule has 0 aliphatic heterocycles. The maximum atomic E-state index is 5.58. The Morgan fingerprint density at radius 3 is 2.62 bits per heavy atom. The molecule has 16 heavy (non-hydrogen) atoms. The standard InChI is InChI=1S/C6H7N5.C4H4O/c1-3-10-5(7)4-6(11-3)9-2-8-4;1-2-4-5-3-1/h2H,1H3,(H3,7,8,9,10,11);1-4H. The highest BCUT2D eigenvalue weighted by Crippen LogP contribution is 2.11. The number of rotatable bonds is 0. The third-order valence-corrected chi connectivity index (χ3v) is 1.85. The van der Waals surface area contributed by atoms with E-state index in [1.165, 1.54) is 0 Å². The van der Waals surface area contributed by atoms with Gasteiger partial charge in [-0.25, -0.2) is 15.0 Å². The molecule has 0 amide bonds. The molecular formula is C10H11N5O. The van der Waals surface area contributed by atoms with Crippen LogP contribution in [0, 0.1) is 6.92 Å². The van der Waals surface area contributed by atoms with E-state index in [0.717, 1.165) is 0 Å². The first-order chi connectivity index (χ1) is 7.77. The third kappa shape index (κ3) is 2.17. The van der Waals surface area contributed by atoms with E-state index in [0.29, 0.717) is 22.8 Å². The second kappa shape index (κ2) is 4.43. The summed E-state index contributed by atoms with van der Waals surface area (Å²) in [7, 11) is 0. The molecule has 0 spiro atoms. The van der Waals surface area contributed by atoms with Crippen LogP contribution in [0.5, 0.6) is 0 Å². The molecule has 0 aliphatic carbocycles. The van der Waals surface area contributed by atoms with Gasteiger partial charge in [-0.15, -0.1) is 0 Å². The van der Waals surface area contributed by atoms with E-state index in [1.807, 2.05) is 12.1 Å². The van der Waals surface area contributed by atoms with Gasteiger partial charge in [-0.3, -0.25) is 0 Å². The first-order valence-corrected chi connectivity index (χ1v) is 4.67. The monoisotopic (exact) mass is 217 g/mol. The Hall–Kier alpha value is -2.37. The van der Waals surface area contributed by atoms with Gasteiger partial charge >= 0.3 is 0 Å². The Balaban J connectivity index is 0.000000162. The summed E-state index contributed by atoms with van der Waals surface area (Å²) in [5.41, 5.74) is 6.90. The van der Waals surface area contributed by atoms with E-state index >= 15 is 0 Å². The van der Waals surface area contributed by atoms with Crippen molar-refractivity contribution in [1.82, 2.24) is 19.9 Å². The molecule has 0 saturated carbocycles. The van der Waals surface area contributed by atoms with Gasteiger partial charge in [0.05, 0.1) is 18.9 Å². The predicted molar refractivity (Wildman–Crippen MR) is 59.5 cm³/mol. The Labute approximate surface area is 91.5 Å². The zero-order valence-electron chi connectivity index (χ0n) is 8.71. The normalized spacial score (nSPS) is 9.81. The number of nitrogens with two attached hydrogens (primary N) is 1. The second-order valence-electron chi connectivity index (χ2n) is 3.05. The van der Waals surface area contributed by atoms with Crippen LogP contribution < -0.4 is 5.73 Å². The number of fused-ring (bicyclic) bond motifs is 1. The molecule has 0 radical (unpaired) electrons. The number of hydrogen-bond donors (Lipinski definition) is 2. The topological polar surface area (TPSA) is 93.6 Å². The Morgan fingerprint density at radius 2 is 2.00 bits per heavy atom. The van der Waals surface area contributed by atoms with Gasteiger partial charge in [-0.05, 0) is 19.1 Å². The molecule has 3 heterocycles. The highest BCUT2D eigenvalue weighted by Gasteiger charge is 2.02. The van der Waals surface area contributed by atoms with E-state index < -0.39 is 0 Å². The summed E-state index contributed by atoms with van der Waals surface area (Å²) in [6, 6.07) is 3.67. The van der Waals surface area contributed by atoms with E-state index in [4.69, 9.17) is 5.73 Å². The van der Waals surface area contributed by atoms with Crippen LogP contribution in [0.25, 0.3) is 11.2 Å². The molecule has 3 aromatic rings. The van der Waals surface area contributed by atoms with Crippen LogP contribution in [0.15, 0.2) is 35.4 Å². The number of nitrogens with zero attached hydrogens (tertiary/aromatic N) is 3. The number of furan rings is 1. The Kier molecular flexibility index (Phi) is 2.81. The number of H-pyrrole nitrogens is 1. The highest BCUT2D eigenvalue weighted by atomic mass is 16.3. The molecule has 3 aromatic heterocycles. The lowest BCUT2D eigenvalue weighted by Gasteiger charge is -1.94. The number of aromatic amines is 1. The molecule has 3 N–H and O–H groups in total. The SMILES string of the molecule is Cc1nc(N)c2[nH]cnc2n1.c1ccoc1. The third-order valence-electron chi connectivity index (χ3n) is 1.85. The Morgan fingerprint density at radius 1 is 1.25 bits per heavy atom. The average Bonchev–Trinajstić information content (AvgIpc) is 2.90. The number of anilines is 1. The minimum absolute atomic E-state index is 0.449. The molecule has 6 heteroatoms. The molecule has 6 nitrogen and oxygen atoms in total. The molecule has 0 fully saturated rings. The smallest absolute Gasteiger partial charge is 0.183 e. The largest absolute Gasteiger partial charge is 0.473 e. The van der Waals surface area contributed by atoms with Crippen LogP contribution in [0.3, 0.4) is 0 Å². The Bertz CT molecular complexity index is 540. The summed E-state index contributed by atoms with van der Waals surface area (Å²) in [6.45, 7) is 1.78. The summed E-state index contributed by atoms with van der Waals surface area (Å²) < 4.78 is 4.58. The van der Waals surface area contributed by atoms with Crippen molar-refractivity contribution in [2.45, 2.75) is 6.92 Å². The van der Waals surface area contributed by atoms with Crippen LogP contribution in [0.4, 0.5) is 5.82 Å². The molecule has 0 saturated heterocycles. The van der Waals surface area contributed by atoms with Crippen molar-refractivity contribution in [2.75, 3.05) is 5.73 Å². The molecule has 0 bridgehead atoms. The molecule has 0 atom stereocenters. The zero-order chi connectivity index (χ0) is 11.4. The van der Waals surface area contributed by atoms with Gasteiger partial charge in [-0.2, -0.15) is 0 Å². The lowest BCUT2D eigenvalue weighted by Crippen LogP contribution is -1.96. The number of imidazole rings is 1. The second-order valence-corrected chi connectivity index (χ2v) is 3.05. The maximum absolute atomic E-state index is 5.58. The minimum atomic E-state index is 0.449.